The van der Waals surface area contributed by atoms with Crippen molar-refractivity contribution in [3.63, 3.8) is 0 Å². The van der Waals surface area contributed by atoms with Gasteiger partial charge in [0, 0.05) is 12.4 Å². The number of carbonyl (C=O) groups is 1. The van der Waals surface area contributed by atoms with Gasteiger partial charge in [-0.05, 0) is 49.4 Å². The van der Waals surface area contributed by atoms with E-state index in [9.17, 15) is 4.79 Å². The van der Waals surface area contributed by atoms with E-state index in [-0.39, 0.29) is 18.0 Å². The van der Waals surface area contributed by atoms with E-state index in [0.717, 1.165) is 29.9 Å². The molecule has 2 aliphatic rings. The molecule has 6 heteroatoms. The monoisotopic (exact) mass is 327 g/mol. The van der Waals surface area contributed by atoms with Gasteiger partial charge in [0.1, 0.15) is 19.3 Å². The highest BCUT2D eigenvalue weighted by molar-refractivity contribution is 5.80. The number of nitrogens with zero attached hydrogens (tertiary/aromatic N) is 2. The number of carbonyl (C=O) groups excluding carboxylic acids is 1. The Kier molecular flexibility index (Phi) is 3.88. The van der Waals surface area contributed by atoms with Crippen molar-refractivity contribution < 1.29 is 14.3 Å². The zero-order chi connectivity index (χ0) is 16.5. The quantitative estimate of drug-likeness (QED) is 0.916. The Bertz CT molecular complexity index is 725. The second-order valence-corrected chi connectivity index (χ2v) is 6.39. The van der Waals surface area contributed by atoms with Crippen molar-refractivity contribution in [2.24, 2.45) is 5.92 Å². The van der Waals surface area contributed by atoms with Crippen LogP contribution in [0.5, 0.6) is 11.5 Å². The summed E-state index contributed by atoms with van der Waals surface area (Å²) >= 11 is 0. The maximum absolute atomic E-state index is 12.6. The molecule has 1 amide bonds. The van der Waals surface area contributed by atoms with Crippen LogP contribution in [0.3, 0.4) is 0 Å². The van der Waals surface area contributed by atoms with Crippen LogP contribution in [0, 0.1) is 5.92 Å². The molecule has 0 unspecified atom stereocenters. The molecule has 2 atom stereocenters. The predicted molar refractivity (Wildman–Crippen MR) is 88.0 cm³/mol. The summed E-state index contributed by atoms with van der Waals surface area (Å²) < 4.78 is 12.9. The summed E-state index contributed by atoms with van der Waals surface area (Å²) in [5, 5.41) is 7.35. The fourth-order valence-corrected chi connectivity index (χ4v) is 3.06. The highest BCUT2D eigenvalue weighted by Gasteiger charge is 2.35. The van der Waals surface area contributed by atoms with Crippen LogP contribution in [-0.2, 0) is 4.79 Å². The van der Waals surface area contributed by atoms with E-state index in [4.69, 9.17) is 9.47 Å². The molecule has 1 N–H and O–H groups in total. The van der Waals surface area contributed by atoms with Gasteiger partial charge in [-0.25, -0.2) is 0 Å². The minimum absolute atomic E-state index is 0.00587. The van der Waals surface area contributed by atoms with Crippen molar-refractivity contribution in [1.82, 2.24) is 15.1 Å². The van der Waals surface area contributed by atoms with Gasteiger partial charge in [-0.1, -0.05) is 6.07 Å². The van der Waals surface area contributed by atoms with Gasteiger partial charge in [0.25, 0.3) is 0 Å². The lowest BCUT2D eigenvalue weighted by atomic mass is 10.0. The van der Waals surface area contributed by atoms with Crippen molar-refractivity contribution in [3.05, 3.63) is 42.2 Å². The molecular formula is C18H21N3O3. The van der Waals surface area contributed by atoms with Crippen molar-refractivity contribution >= 4 is 5.91 Å². The molecule has 1 aliphatic heterocycles. The topological polar surface area (TPSA) is 65.4 Å². The molecule has 24 heavy (non-hydrogen) atoms. The van der Waals surface area contributed by atoms with Crippen LogP contribution in [-0.4, -0.2) is 28.9 Å². The van der Waals surface area contributed by atoms with Crippen LogP contribution in [0.2, 0.25) is 0 Å². The number of nitrogens with one attached hydrogen (secondary N) is 1. The molecule has 4 rings (SSSR count). The highest BCUT2D eigenvalue weighted by atomic mass is 16.6. The van der Waals surface area contributed by atoms with E-state index < -0.39 is 0 Å². The molecule has 0 spiro atoms. The van der Waals surface area contributed by atoms with Crippen LogP contribution in [0.25, 0.3) is 0 Å². The van der Waals surface area contributed by atoms with Crippen molar-refractivity contribution in [2.45, 2.75) is 31.8 Å². The number of fused-ring (bicyclic) bond motifs is 1. The molecule has 2 heterocycles. The Morgan fingerprint density at radius 1 is 1.29 bits per heavy atom. The Labute approximate surface area is 140 Å². The van der Waals surface area contributed by atoms with Gasteiger partial charge in [0.05, 0.1) is 6.04 Å². The number of hydrogen-bond acceptors (Lipinski definition) is 4. The first-order valence-electron chi connectivity index (χ1n) is 8.41. The lowest BCUT2D eigenvalue weighted by molar-refractivity contribution is -0.125. The normalized spacial score (nSPS) is 18.7. The van der Waals surface area contributed by atoms with E-state index >= 15 is 0 Å². The van der Waals surface area contributed by atoms with Crippen molar-refractivity contribution in [2.75, 3.05) is 13.2 Å². The van der Waals surface area contributed by atoms with E-state index in [1.54, 1.807) is 17.1 Å². The minimum atomic E-state index is -0.335. The van der Waals surface area contributed by atoms with Gasteiger partial charge in [0.15, 0.2) is 11.5 Å². The number of ether oxygens (including phenoxy) is 2. The number of benzene rings is 1. The standard InChI is InChI=1S/C18H21N3O3/c1-12(21-8-2-7-19-21)18(22)20-17(13-3-4-13)14-5-6-15-16(11-14)24-10-9-23-15/h2,5-8,11-13,17H,3-4,9-10H2,1H3,(H,20,22)/t12-,17-/m0/s1. The Hall–Kier alpha value is -2.50. The van der Waals surface area contributed by atoms with Gasteiger partial charge in [0.2, 0.25) is 5.91 Å². The second kappa shape index (κ2) is 6.19. The van der Waals surface area contributed by atoms with Crippen LogP contribution in [0.4, 0.5) is 0 Å². The zero-order valence-corrected chi connectivity index (χ0v) is 13.6. The van der Waals surface area contributed by atoms with E-state index in [2.05, 4.69) is 10.4 Å². The average Bonchev–Trinajstić information content (AvgIpc) is 3.31. The molecule has 0 bridgehead atoms. The molecule has 1 aliphatic carbocycles. The lowest BCUT2D eigenvalue weighted by Gasteiger charge is -2.24. The van der Waals surface area contributed by atoms with Gasteiger partial charge in [-0.2, -0.15) is 5.10 Å². The first-order valence-corrected chi connectivity index (χ1v) is 8.41. The van der Waals surface area contributed by atoms with Gasteiger partial charge in [-0.15, -0.1) is 0 Å². The predicted octanol–water partition coefficient (Wildman–Crippen LogP) is 2.48. The SMILES string of the molecule is C[C@@H](C(=O)N[C@H](c1ccc2c(c1)OCCO2)C1CC1)n1cccn1. The third-order valence-electron chi connectivity index (χ3n) is 4.62. The first kappa shape index (κ1) is 15.1. The molecule has 1 saturated carbocycles. The molecule has 0 radical (unpaired) electrons. The van der Waals surface area contributed by atoms with Gasteiger partial charge < -0.3 is 14.8 Å². The third-order valence-corrected chi connectivity index (χ3v) is 4.62. The van der Waals surface area contributed by atoms with E-state index in [1.807, 2.05) is 31.2 Å². The van der Waals surface area contributed by atoms with Crippen molar-refractivity contribution in [3.8, 4) is 11.5 Å². The van der Waals surface area contributed by atoms with Crippen LogP contribution in [0.1, 0.15) is 37.4 Å². The summed E-state index contributed by atoms with van der Waals surface area (Å²) in [7, 11) is 0. The van der Waals surface area contributed by atoms with Crippen LogP contribution < -0.4 is 14.8 Å². The molecule has 1 aromatic carbocycles. The summed E-state index contributed by atoms with van der Waals surface area (Å²) in [6.07, 6.45) is 5.76. The maximum Gasteiger partial charge on any atom is 0.245 e. The Morgan fingerprint density at radius 2 is 2.08 bits per heavy atom. The van der Waals surface area contributed by atoms with Gasteiger partial charge in [-0.3, -0.25) is 9.48 Å². The number of aromatic nitrogens is 2. The van der Waals surface area contributed by atoms with Crippen LogP contribution in [0.15, 0.2) is 36.7 Å². The third kappa shape index (κ3) is 2.96. The lowest BCUT2D eigenvalue weighted by Crippen LogP contribution is -2.35. The average molecular weight is 327 g/mol. The summed E-state index contributed by atoms with van der Waals surface area (Å²) in [6, 6.07) is 7.45. The summed E-state index contributed by atoms with van der Waals surface area (Å²) in [5.74, 6) is 2.00. The van der Waals surface area contributed by atoms with E-state index in [0.29, 0.717) is 19.1 Å². The maximum atomic E-state index is 12.6. The van der Waals surface area contributed by atoms with E-state index in [1.165, 1.54) is 0 Å². The molecule has 1 fully saturated rings. The largest absolute Gasteiger partial charge is 0.486 e. The minimum Gasteiger partial charge on any atom is -0.486 e. The Balaban J connectivity index is 1.53. The Morgan fingerprint density at radius 3 is 2.79 bits per heavy atom. The molecular weight excluding hydrogens is 306 g/mol. The van der Waals surface area contributed by atoms with Gasteiger partial charge >= 0.3 is 0 Å². The smallest absolute Gasteiger partial charge is 0.245 e. The van der Waals surface area contributed by atoms with Crippen LogP contribution >= 0.6 is 0 Å². The highest BCUT2D eigenvalue weighted by Crippen LogP contribution is 2.43. The number of rotatable bonds is 5. The summed E-state index contributed by atoms with van der Waals surface area (Å²) in [5.41, 5.74) is 1.07. The fourth-order valence-electron chi connectivity index (χ4n) is 3.06. The number of hydrogen-bond donors (Lipinski definition) is 1. The number of amides is 1. The van der Waals surface area contributed by atoms with Crippen molar-refractivity contribution in [1.29, 1.82) is 0 Å². The zero-order valence-electron chi connectivity index (χ0n) is 13.6. The summed E-state index contributed by atoms with van der Waals surface area (Å²) in [6.45, 7) is 3.00. The fraction of sp³-hybridized carbons (Fsp3) is 0.444. The molecule has 0 saturated heterocycles. The second-order valence-electron chi connectivity index (χ2n) is 6.39. The first-order chi connectivity index (χ1) is 11.7. The molecule has 6 nitrogen and oxygen atoms in total. The molecule has 2 aromatic rings. The molecule has 126 valence electrons. The molecule has 1 aromatic heterocycles. The summed E-state index contributed by atoms with van der Waals surface area (Å²) in [4.78, 5) is 12.6.